The van der Waals surface area contributed by atoms with E-state index in [4.69, 9.17) is 0 Å². The molecule has 30 heavy (non-hydrogen) atoms. The van der Waals surface area contributed by atoms with Crippen LogP contribution in [0.3, 0.4) is 0 Å². The van der Waals surface area contributed by atoms with Crippen LogP contribution in [0.2, 0.25) is 0 Å². The molecule has 0 aliphatic carbocycles. The van der Waals surface area contributed by atoms with Gasteiger partial charge in [0.2, 0.25) is 0 Å². The van der Waals surface area contributed by atoms with E-state index in [1.165, 1.54) is 73.4 Å². The summed E-state index contributed by atoms with van der Waals surface area (Å²) in [6.45, 7) is 5.01. The van der Waals surface area contributed by atoms with Crippen LogP contribution in [0.15, 0.2) is 59.2 Å². The highest BCUT2D eigenvalue weighted by Gasteiger charge is 2.22. The highest BCUT2D eigenvalue weighted by atomic mass is 79.9. The van der Waals surface area contributed by atoms with Gasteiger partial charge >= 0.3 is 5.78 Å². The van der Waals surface area contributed by atoms with Crippen LogP contribution < -0.4 is 34.1 Å². The molecular formula is C23H27BrCl2N4. The molecular weight excluding hydrogens is 483 g/mol. The van der Waals surface area contributed by atoms with Crippen molar-refractivity contribution in [2.75, 3.05) is 19.6 Å². The quantitative estimate of drug-likeness (QED) is 0.281. The number of likely N-dealkylation sites (tertiary alicyclic amines) is 1. The lowest BCUT2D eigenvalue weighted by Crippen LogP contribution is -3.12. The van der Waals surface area contributed by atoms with Crippen LogP contribution >= 0.6 is 15.9 Å². The molecule has 7 heteroatoms. The zero-order valence-electron chi connectivity index (χ0n) is 16.9. The van der Waals surface area contributed by atoms with Crippen LogP contribution in [-0.2, 0) is 6.54 Å². The predicted octanol–water partition coefficient (Wildman–Crippen LogP) is -2.40. The number of fused-ring (bicyclic) bond motifs is 3. The van der Waals surface area contributed by atoms with Crippen LogP contribution in [0.5, 0.6) is 0 Å². The molecule has 0 bridgehead atoms. The Bertz CT molecular complexity index is 1100. The summed E-state index contributed by atoms with van der Waals surface area (Å²) >= 11 is 3.56. The van der Waals surface area contributed by atoms with Crippen molar-refractivity contribution in [1.82, 2.24) is 9.55 Å². The number of aromatic nitrogens is 3. The molecule has 4 aromatic rings. The Hall–Kier alpha value is -1.53. The van der Waals surface area contributed by atoms with Gasteiger partial charge in [-0.25, -0.2) is 9.55 Å². The molecule has 1 fully saturated rings. The van der Waals surface area contributed by atoms with Gasteiger partial charge in [-0.05, 0) is 43.5 Å². The number of aryl methyl sites for hydroxylation is 1. The number of quaternary nitrogens is 1. The first-order valence-electron chi connectivity index (χ1n) is 10.4. The van der Waals surface area contributed by atoms with Gasteiger partial charge in [-0.15, -0.1) is 0 Å². The van der Waals surface area contributed by atoms with Crippen LogP contribution in [0.4, 0.5) is 0 Å². The van der Waals surface area contributed by atoms with E-state index in [2.05, 4.69) is 84.6 Å². The Labute approximate surface area is 198 Å². The molecule has 0 unspecified atom stereocenters. The summed E-state index contributed by atoms with van der Waals surface area (Å²) in [5.41, 5.74) is 4.96. The molecule has 160 valence electrons. The van der Waals surface area contributed by atoms with Gasteiger partial charge in [0.25, 0.3) is 0 Å². The second kappa shape index (κ2) is 10.2. The van der Waals surface area contributed by atoms with E-state index < -0.39 is 0 Å². The first kappa shape index (κ1) is 23.1. The van der Waals surface area contributed by atoms with Crippen molar-refractivity contribution in [3.05, 3.63) is 59.2 Å². The third kappa shape index (κ3) is 4.54. The molecule has 0 saturated carbocycles. The summed E-state index contributed by atoms with van der Waals surface area (Å²) in [6.07, 6.45) is 7.70. The maximum Gasteiger partial charge on any atom is 0.368 e. The predicted molar refractivity (Wildman–Crippen MR) is 117 cm³/mol. The van der Waals surface area contributed by atoms with Gasteiger partial charge in [0.1, 0.15) is 22.9 Å². The van der Waals surface area contributed by atoms with Crippen molar-refractivity contribution in [2.45, 2.75) is 32.2 Å². The van der Waals surface area contributed by atoms with E-state index in [0.717, 1.165) is 11.0 Å². The normalized spacial score (nSPS) is 14.6. The highest BCUT2D eigenvalue weighted by molar-refractivity contribution is 9.10. The fraction of sp³-hybridized carbons (Fsp3) is 0.348. The fourth-order valence-corrected chi connectivity index (χ4v) is 4.85. The summed E-state index contributed by atoms with van der Waals surface area (Å²) in [7, 11) is 0. The lowest BCUT2D eigenvalue weighted by atomic mass is 10.1. The zero-order valence-corrected chi connectivity index (χ0v) is 20.0. The average molecular weight is 510 g/mol. The van der Waals surface area contributed by atoms with Gasteiger partial charge in [0.05, 0.1) is 26.2 Å². The molecule has 3 heterocycles. The van der Waals surface area contributed by atoms with Crippen molar-refractivity contribution >= 4 is 32.7 Å². The number of rotatable bonds is 5. The molecule has 0 atom stereocenters. The molecule has 0 spiro atoms. The van der Waals surface area contributed by atoms with Crippen LogP contribution in [-0.4, -0.2) is 29.2 Å². The van der Waals surface area contributed by atoms with Crippen molar-refractivity contribution in [3.63, 3.8) is 0 Å². The van der Waals surface area contributed by atoms with Crippen LogP contribution in [0.1, 0.15) is 25.7 Å². The number of nitrogens with one attached hydrogen (secondary N) is 2. The summed E-state index contributed by atoms with van der Waals surface area (Å²) < 4.78 is 5.89. The Morgan fingerprint density at radius 3 is 2.47 bits per heavy atom. The molecule has 1 aliphatic heterocycles. The second-order valence-electron chi connectivity index (χ2n) is 7.92. The number of para-hydroxylation sites is 2. The Morgan fingerprint density at radius 1 is 0.967 bits per heavy atom. The summed E-state index contributed by atoms with van der Waals surface area (Å²) in [6, 6.07) is 17.2. The van der Waals surface area contributed by atoms with Crippen molar-refractivity contribution in [3.8, 4) is 11.3 Å². The number of hydrogen-bond acceptors (Lipinski definition) is 0. The number of benzene rings is 2. The standard InChI is InChI=1S/C23H25BrN4.2ClH/c24-19-11-9-18(10-12-19)22-17-28-21-8-3-2-7-20(21)25-23(28)27(22)16-6-15-26-13-4-1-5-14-26;;/h2-3,7-12,17H,1,4-6,13-16H2;2*1H. The van der Waals surface area contributed by atoms with E-state index in [9.17, 15) is 0 Å². The lowest BCUT2D eigenvalue weighted by molar-refractivity contribution is -0.905. The monoisotopic (exact) mass is 508 g/mol. The molecule has 0 radical (unpaired) electrons. The summed E-state index contributed by atoms with van der Waals surface area (Å²) in [5, 5.41) is 0. The smallest absolute Gasteiger partial charge is 0.368 e. The minimum Gasteiger partial charge on any atom is -1.00 e. The van der Waals surface area contributed by atoms with E-state index in [1.807, 2.05) is 0 Å². The number of piperidine rings is 1. The van der Waals surface area contributed by atoms with Gasteiger partial charge in [-0.2, -0.15) is 4.40 Å². The highest BCUT2D eigenvalue weighted by Crippen LogP contribution is 2.24. The van der Waals surface area contributed by atoms with Gasteiger partial charge in [0, 0.05) is 16.5 Å². The Morgan fingerprint density at radius 2 is 1.70 bits per heavy atom. The van der Waals surface area contributed by atoms with E-state index in [1.54, 1.807) is 4.90 Å². The van der Waals surface area contributed by atoms with Gasteiger partial charge in [-0.3, -0.25) is 0 Å². The largest absolute Gasteiger partial charge is 1.00 e. The zero-order chi connectivity index (χ0) is 18.9. The number of nitrogens with zero attached hydrogens (tertiary/aromatic N) is 2. The molecule has 0 amide bonds. The Kier molecular flexibility index (Phi) is 7.86. The molecule has 5 rings (SSSR count). The molecule has 2 aromatic heterocycles. The van der Waals surface area contributed by atoms with Crippen molar-refractivity contribution in [1.29, 1.82) is 0 Å². The van der Waals surface area contributed by atoms with Crippen LogP contribution in [0, 0.1) is 0 Å². The first-order valence-corrected chi connectivity index (χ1v) is 11.2. The molecule has 1 aliphatic rings. The maximum absolute atomic E-state index is 3.65. The first-order chi connectivity index (χ1) is 13.8. The van der Waals surface area contributed by atoms with E-state index in [-0.39, 0.29) is 24.8 Å². The summed E-state index contributed by atoms with van der Waals surface area (Å²) in [5.74, 6) is 1.17. The number of H-pyrrole nitrogens is 1. The second-order valence-corrected chi connectivity index (χ2v) is 8.84. The molecule has 4 nitrogen and oxygen atoms in total. The summed E-state index contributed by atoms with van der Waals surface area (Å²) in [4.78, 5) is 5.43. The number of halogens is 3. The van der Waals surface area contributed by atoms with E-state index in [0.29, 0.717) is 0 Å². The number of hydrogen-bond donors (Lipinski definition) is 2. The average Bonchev–Trinajstić information content (AvgIpc) is 3.26. The number of aromatic amines is 1. The molecule has 2 N–H and O–H groups in total. The number of imidazole rings is 2. The third-order valence-corrected chi connectivity index (χ3v) is 6.58. The van der Waals surface area contributed by atoms with Crippen molar-refractivity contribution < 1.29 is 34.1 Å². The minimum absolute atomic E-state index is 0. The molecule has 1 saturated heterocycles. The maximum atomic E-state index is 3.65. The van der Waals surface area contributed by atoms with Crippen molar-refractivity contribution in [2.24, 2.45) is 0 Å². The fourth-order valence-electron chi connectivity index (χ4n) is 4.58. The third-order valence-electron chi connectivity index (χ3n) is 6.05. The minimum atomic E-state index is 0. The van der Waals surface area contributed by atoms with Gasteiger partial charge in [0.15, 0.2) is 0 Å². The topological polar surface area (TPSA) is 29.3 Å². The van der Waals surface area contributed by atoms with Gasteiger partial charge in [-0.1, -0.05) is 40.2 Å². The van der Waals surface area contributed by atoms with Crippen LogP contribution in [0.25, 0.3) is 28.1 Å². The Balaban J connectivity index is 0.00000128. The lowest BCUT2D eigenvalue weighted by Gasteiger charge is -2.23. The SMILES string of the molecule is Brc1ccc(-c2c[n+]3c4ccccc4[nH]c3n2CCC[NH+]2CCCCC2)cc1.[Cl-].[Cl-]. The molecule has 2 aromatic carbocycles. The van der Waals surface area contributed by atoms with E-state index >= 15 is 0 Å². The van der Waals surface area contributed by atoms with Gasteiger partial charge < -0.3 is 29.7 Å².